The largest absolute Gasteiger partial charge is 0.476 e. The summed E-state index contributed by atoms with van der Waals surface area (Å²) in [5.41, 5.74) is 1.14. The number of rotatable bonds is 8. The lowest BCUT2D eigenvalue weighted by Crippen LogP contribution is -2.39. The maximum atomic E-state index is 13.8. The van der Waals surface area contributed by atoms with Gasteiger partial charge < -0.3 is 9.47 Å². The van der Waals surface area contributed by atoms with Gasteiger partial charge in [-0.1, -0.05) is 12.1 Å². The van der Waals surface area contributed by atoms with E-state index in [1.807, 2.05) is 31.2 Å². The summed E-state index contributed by atoms with van der Waals surface area (Å²) in [7, 11) is 0. The summed E-state index contributed by atoms with van der Waals surface area (Å²) in [6, 6.07) is 10.9. The number of hydrogen-bond acceptors (Lipinski definition) is 7. The van der Waals surface area contributed by atoms with E-state index in [1.165, 1.54) is 17.6 Å². The number of ether oxygens (including phenoxy) is 2. The van der Waals surface area contributed by atoms with Crippen LogP contribution in [0, 0.1) is 19.7 Å². The lowest BCUT2D eigenvalue weighted by atomic mass is 10.1. The first-order valence-corrected chi connectivity index (χ1v) is 11.6. The maximum Gasteiger partial charge on any atom is 0.349 e. The molecule has 3 rings (SSSR count). The van der Waals surface area contributed by atoms with Gasteiger partial charge in [0.1, 0.15) is 16.6 Å². The van der Waals surface area contributed by atoms with Crippen molar-refractivity contribution >= 4 is 29.3 Å². The second kappa shape index (κ2) is 9.78. The lowest BCUT2D eigenvalue weighted by molar-refractivity contribution is -0.158. The maximum absolute atomic E-state index is 13.8. The van der Waals surface area contributed by atoms with Crippen molar-refractivity contribution < 1.29 is 18.7 Å². The Morgan fingerprint density at radius 3 is 2.61 bits per heavy atom. The monoisotopic (exact) mass is 460 g/mol. The van der Waals surface area contributed by atoms with Crippen molar-refractivity contribution in [1.82, 2.24) is 9.36 Å². The van der Waals surface area contributed by atoms with Crippen molar-refractivity contribution in [2.24, 2.45) is 0 Å². The molecule has 0 aliphatic rings. The Balaban J connectivity index is 1.64. The van der Waals surface area contributed by atoms with E-state index in [9.17, 15) is 9.18 Å². The molecule has 5 nitrogen and oxygen atoms in total. The average molecular weight is 461 g/mol. The molecule has 31 heavy (non-hydrogen) atoms. The van der Waals surface area contributed by atoms with Crippen molar-refractivity contribution in [3.63, 3.8) is 0 Å². The molecule has 3 aromatic rings. The molecule has 0 atom stereocenters. The average Bonchev–Trinajstić information content (AvgIpc) is 3.19. The standard InChI is InChI=1S/C23H25FN2O3S2/c1-6-28-22(27)23(4,5)29-19-10-9-17(11-15(19)3)30-13-20-25-21(26-31-20)16-8-7-14(2)18(24)12-16/h7-12H,6,13H2,1-5H3. The number of aromatic nitrogens is 2. The highest BCUT2D eigenvalue weighted by atomic mass is 32.2. The zero-order valence-corrected chi connectivity index (χ0v) is 19.8. The van der Waals surface area contributed by atoms with E-state index >= 15 is 0 Å². The minimum Gasteiger partial charge on any atom is -0.476 e. The van der Waals surface area contributed by atoms with E-state index in [2.05, 4.69) is 9.36 Å². The van der Waals surface area contributed by atoms with Crippen LogP contribution in [-0.2, 0) is 15.3 Å². The molecule has 0 saturated heterocycles. The molecular weight excluding hydrogens is 435 g/mol. The van der Waals surface area contributed by atoms with E-state index < -0.39 is 11.6 Å². The third-order valence-electron chi connectivity index (χ3n) is 4.54. The van der Waals surface area contributed by atoms with Crippen molar-refractivity contribution in [1.29, 1.82) is 0 Å². The van der Waals surface area contributed by atoms with Gasteiger partial charge in [-0.25, -0.2) is 14.2 Å². The summed E-state index contributed by atoms with van der Waals surface area (Å²) < 4.78 is 29.1. The van der Waals surface area contributed by atoms with Gasteiger partial charge in [0.15, 0.2) is 11.4 Å². The van der Waals surface area contributed by atoms with Crippen LogP contribution in [0.15, 0.2) is 41.3 Å². The first-order valence-electron chi connectivity index (χ1n) is 9.88. The second-order valence-electron chi connectivity index (χ2n) is 7.52. The highest BCUT2D eigenvalue weighted by Crippen LogP contribution is 2.31. The fraction of sp³-hybridized carbons (Fsp3) is 0.348. The predicted octanol–water partition coefficient (Wildman–Crippen LogP) is 5.97. The number of benzene rings is 2. The molecule has 0 bridgehead atoms. The topological polar surface area (TPSA) is 61.3 Å². The molecule has 0 unspecified atom stereocenters. The zero-order valence-electron chi connectivity index (χ0n) is 18.2. The van der Waals surface area contributed by atoms with Crippen LogP contribution in [0.1, 0.15) is 36.9 Å². The Bertz CT molecular complexity index is 1080. The van der Waals surface area contributed by atoms with Crippen LogP contribution in [0.5, 0.6) is 5.75 Å². The van der Waals surface area contributed by atoms with Gasteiger partial charge in [-0.3, -0.25) is 0 Å². The second-order valence-corrected chi connectivity index (χ2v) is 9.41. The zero-order chi connectivity index (χ0) is 22.6. The van der Waals surface area contributed by atoms with E-state index in [-0.39, 0.29) is 5.82 Å². The third kappa shape index (κ3) is 5.83. The molecule has 8 heteroatoms. The fourth-order valence-electron chi connectivity index (χ4n) is 2.76. The van der Waals surface area contributed by atoms with Crippen LogP contribution >= 0.6 is 23.3 Å². The van der Waals surface area contributed by atoms with E-state index in [0.29, 0.717) is 35.1 Å². The van der Waals surface area contributed by atoms with E-state index in [4.69, 9.17) is 9.47 Å². The molecular formula is C23H25FN2O3S2. The predicted molar refractivity (Wildman–Crippen MR) is 122 cm³/mol. The highest BCUT2D eigenvalue weighted by Gasteiger charge is 2.32. The Morgan fingerprint density at radius 1 is 1.16 bits per heavy atom. The summed E-state index contributed by atoms with van der Waals surface area (Å²) >= 11 is 2.95. The molecule has 0 amide bonds. The van der Waals surface area contributed by atoms with Crippen LogP contribution in [0.25, 0.3) is 11.4 Å². The number of halogens is 1. The first kappa shape index (κ1) is 23.2. The van der Waals surface area contributed by atoms with Crippen molar-refractivity contribution in [3.05, 3.63) is 58.3 Å². The van der Waals surface area contributed by atoms with Gasteiger partial charge in [-0.2, -0.15) is 4.37 Å². The van der Waals surface area contributed by atoms with Gasteiger partial charge >= 0.3 is 5.97 Å². The number of carbonyl (C=O) groups is 1. The van der Waals surface area contributed by atoms with Crippen LogP contribution in [0.4, 0.5) is 4.39 Å². The number of carbonyl (C=O) groups excluding carboxylic acids is 1. The van der Waals surface area contributed by atoms with Crippen LogP contribution in [0.3, 0.4) is 0 Å². The lowest BCUT2D eigenvalue weighted by Gasteiger charge is -2.25. The van der Waals surface area contributed by atoms with E-state index in [0.717, 1.165) is 15.5 Å². The summed E-state index contributed by atoms with van der Waals surface area (Å²) in [4.78, 5) is 17.7. The van der Waals surface area contributed by atoms with Gasteiger partial charge in [-0.05, 0) is 81.5 Å². The van der Waals surface area contributed by atoms with E-state index in [1.54, 1.807) is 45.5 Å². The number of nitrogens with zero attached hydrogens (tertiary/aromatic N) is 2. The van der Waals surface area contributed by atoms with Crippen LogP contribution in [0.2, 0.25) is 0 Å². The van der Waals surface area contributed by atoms with Gasteiger partial charge in [0.2, 0.25) is 0 Å². The summed E-state index contributed by atoms with van der Waals surface area (Å²) in [5, 5.41) is 0.863. The Hall–Kier alpha value is -2.45. The van der Waals surface area contributed by atoms with Crippen LogP contribution in [-0.4, -0.2) is 27.5 Å². The fourth-order valence-corrected chi connectivity index (χ4v) is 4.39. The molecule has 0 fully saturated rings. The molecule has 0 spiro atoms. The highest BCUT2D eigenvalue weighted by molar-refractivity contribution is 7.98. The van der Waals surface area contributed by atoms with Crippen molar-refractivity contribution in [2.45, 2.75) is 50.9 Å². The van der Waals surface area contributed by atoms with Gasteiger partial charge in [-0.15, -0.1) is 11.8 Å². The Kier molecular flexibility index (Phi) is 7.33. The third-order valence-corrected chi connectivity index (χ3v) is 6.44. The SMILES string of the molecule is CCOC(=O)C(C)(C)Oc1ccc(SCc2nc(-c3ccc(C)c(F)c3)ns2)cc1C. The molecule has 0 N–H and O–H groups in total. The molecule has 0 saturated carbocycles. The van der Waals surface area contributed by atoms with Crippen molar-refractivity contribution in [2.75, 3.05) is 6.61 Å². The minimum absolute atomic E-state index is 0.257. The quantitative estimate of drug-likeness (QED) is 0.305. The van der Waals surface area contributed by atoms with Crippen molar-refractivity contribution in [3.8, 4) is 17.1 Å². The molecule has 0 aliphatic carbocycles. The first-order chi connectivity index (χ1) is 14.7. The van der Waals surface area contributed by atoms with Crippen LogP contribution < -0.4 is 4.74 Å². The number of thioether (sulfide) groups is 1. The van der Waals surface area contributed by atoms with Gasteiger partial charge in [0.05, 0.1) is 12.4 Å². The molecule has 2 aromatic carbocycles. The molecule has 1 heterocycles. The number of hydrogen-bond donors (Lipinski definition) is 0. The molecule has 0 aliphatic heterocycles. The molecule has 0 radical (unpaired) electrons. The molecule has 1 aromatic heterocycles. The van der Waals surface area contributed by atoms with Gasteiger partial charge in [0, 0.05) is 10.5 Å². The Morgan fingerprint density at radius 2 is 1.94 bits per heavy atom. The summed E-state index contributed by atoms with van der Waals surface area (Å²) in [6.07, 6.45) is 0. The Labute approximate surface area is 190 Å². The summed E-state index contributed by atoms with van der Waals surface area (Å²) in [5.74, 6) is 1.18. The number of aryl methyl sites for hydroxylation is 2. The summed E-state index contributed by atoms with van der Waals surface area (Å²) in [6.45, 7) is 9.14. The van der Waals surface area contributed by atoms with Gasteiger partial charge in [0.25, 0.3) is 0 Å². The smallest absolute Gasteiger partial charge is 0.349 e. The number of esters is 1. The minimum atomic E-state index is -1.06. The molecule has 164 valence electrons. The normalized spacial score (nSPS) is 11.4.